The van der Waals surface area contributed by atoms with Crippen molar-refractivity contribution >= 4 is 44.6 Å². The molecule has 2 rings (SSSR count). The minimum Gasteiger partial charge on any atom is -0.495 e. The number of anilines is 2. The summed E-state index contributed by atoms with van der Waals surface area (Å²) in [5.74, 6) is -1.44. The first-order valence-corrected chi connectivity index (χ1v) is 9.80. The Hall–Kier alpha value is -2.92. The van der Waals surface area contributed by atoms with E-state index in [2.05, 4.69) is 5.32 Å². The van der Waals surface area contributed by atoms with Gasteiger partial charge in [0.25, 0.3) is 5.69 Å². The molecule has 2 aromatic carbocycles. The third-order valence-electron chi connectivity index (χ3n) is 3.53. The molecule has 0 radical (unpaired) electrons. The summed E-state index contributed by atoms with van der Waals surface area (Å²) in [5.41, 5.74) is -0.405. The quantitative estimate of drug-likeness (QED) is 0.531. The van der Waals surface area contributed by atoms with E-state index in [4.69, 9.17) is 16.3 Å². The van der Waals surface area contributed by atoms with E-state index in [0.717, 1.165) is 30.5 Å². The maximum absolute atomic E-state index is 13.2. The van der Waals surface area contributed by atoms with Crippen LogP contribution in [0.3, 0.4) is 0 Å². The Morgan fingerprint density at radius 3 is 2.54 bits per heavy atom. The van der Waals surface area contributed by atoms with Gasteiger partial charge in [0.05, 0.1) is 23.3 Å². The van der Waals surface area contributed by atoms with Crippen molar-refractivity contribution in [1.82, 2.24) is 0 Å². The number of carbonyl (C=O) groups excluding carboxylic acids is 1. The molecule has 0 heterocycles. The van der Waals surface area contributed by atoms with Crippen LogP contribution in [0.4, 0.5) is 21.5 Å². The van der Waals surface area contributed by atoms with E-state index in [9.17, 15) is 27.7 Å². The first-order chi connectivity index (χ1) is 13.0. The van der Waals surface area contributed by atoms with E-state index in [0.29, 0.717) is 4.31 Å². The molecule has 0 atom stereocenters. The van der Waals surface area contributed by atoms with Crippen LogP contribution in [0.5, 0.6) is 5.75 Å². The molecule has 0 bridgehead atoms. The van der Waals surface area contributed by atoms with Crippen molar-refractivity contribution in [3.8, 4) is 5.75 Å². The first kappa shape index (κ1) is 21.4. The van der Waals surface area contributed by atoms with Crippen molar-refractivity contribution in [2.45, 2.75) is 0 Å². The highest BCUT2D eigenvalue weighted by molar-refractivity contribution is 7.92. The van der Waals surface area contributed by atoms with Crippen LogP contribution in [0.15, 0.2) is 36.4 Å². The molecule has 1 N–H and O–H groups in total. The highest BCUT2D eigenvalue weighted by atomic mass is 35.5. The van der Waals surface area contributed by atoms with E-state index in [-0.39, 0.29) is 27.8 Å². The van der Waals surface area contributed by atoms with Crippen LogP contribution in [-0.4, -0.2) is 39.2 Å². The molecule has 0 saturated carbocycles. The predicted octanol–water partition coefficient (Wildman–Crippen LogP) is 2.80. The molecule has 0 unspecified atom stereocenters. The molecule has 0 aliphatic rings. The molecule has 0 aliphatic heterocycles. The van der Waals surface area contributed by atoms with Gasteiger partial charge >= 0.3 is 0 Å². The largest absolute Gasteiger partial charge is 0.495 e. The number of rotatable bonds is 7. The lowest BCUT2D eigenvalue weighted by molar-refractivity contribution is -0.384. The number of nitrogens with one attached hydrogen (secondary N) is 1. The van der Waals surface area contributed by atoms with Gasteiger partial charge < -0.3 is 10.1 Å². The molecule has 28 heavy (non-hydrogen) atoms. The predicted molar refractivity (Wildman–Crippen MR) is 102 cm³/mol. The van der Waals surface area contributed by atoms with Gasteiger partial charge in [-0.25, -0.2) is 12.8 Å². The number of sulfonamides is 1. The lowest BCUT2D eigenvalue weighted by atomic mass is 10.2. The van der Waals surface area contributed by atoms with Gasteiger partial charge in [-0.3, -0.25) is 19.2 Å². The lowest BCUT2D eigenvalue weighted by Crippen LogP contribution is -2.37. The monoisotopic (exact) mass is 431 g/mol. The summed E-state index contributed by atoms with van der Waals surface area (Å²) in [6.45, 7) is -0.703. The van der Waals surface area contributed by atoms with Gasteiger partial charge in [-0.1, -0.05) is 11.6 Å². The number of hydrogen-bond donors (Lipinski definition) is 1. The number of halogens is 2. The van der Waals surface area contributed by atoms with Crippen molar-refractivity contribution in [2.75, 3.05) is 29.5 Å². The normalized spacial score (nSPS) is 11.0. The second-order valence-electron chi connectivity index (χ2n) is 5.56. The van der Waals surface area contributed by atoms with Crippen LogP contribution in [0.25, 0.3) is 0 Å². The maximum Gasteiger partial charge on any atom is 0.271 e. The van der Waals surface area contributed by atoms with Crippen molar-refractivity contribution in [3.63, 3.8) is 0 Å². The Balaban J connectivity index is 2.37. The van der Waals surface area contributed by atoms with E-state index in [1.54, 1.807) is 0 Å². The SMILES string of the molecule is COc1ccc([N+](=O)[O-])cc1N(CC(=O)Nc1ccc(F)c(Cl)c1)S(C)(=O)=O. The number of non-ortho nitro benzene ring substituents is 1. The number of benzene rings is 2. The fraction of sp³-hybridized carbons (Fsp3) is 0.188. The first-order valence-electron chi connectivity index (χ1n) is 7.58. The Bertz CT molecular complexity index is 1030. The molecule has 0 aliphatic carbocycles. The van der Waals surface area contributed by atoms with Gasteiger partial charge in [-0.2, -0.15) is 0 Å². The second kappa shape index (κ2) is 8.40. The van der Waals surface area contributed by atoms with Crippen LogP contribution < -0.4 is 14.4 Å². The number of nitrogens with zero attached hydrogens (tertiary/aromatic N) is 2. The Kier molecular flexibility index (Phi) is 6.41. The number of carbonyl (C=O) groups is 1. The highest BCUT2D eigenvalue weighted by Crippen LogP contribution is 2.33. The Morgan fingerprint density at radius 2 is 2.00 bits per heavy atom. The molecule has 1 amide bonds. The van der Waals surface area contributed by atoms with Crippen molar-refractivity contribution in [2.24, 2.45) is 0 Å². The number of ether oxygens (including phenoxy) is 1. The molecule has 150 valence electrons. The fourth-order valence-corrected chi connectivity index (χ4v) is 3.31. The topological polar surface area (TPSA) is 119 Å². The molecule has 0 fully saturated rings. The Morgan fingerprint density at radius 1 is 1.32 bits per heavy atom. The highest BCUT2D eigenvalue weighted by Gasteiger charge is 2.26. The molecule has 0 saturated heterocycles. The Labute approximate surface area is 164 Å². The lowest BCUT2D eigenvalue weighted by Gasteiger charge is -2.23. The van der Waals surface area contributed by atoms with Gasteiger partial charge in [0.2, 0.25) is 15.9 Å². The van der Waals surface area contributed by atoms with E-state index in [1.807, 2.05) is 0 Å². The minimum atomic E-state index is -4.01. The number of hydrogen-bond acceptors (Lipinski definition) is 6. The third kappa shape index (κ3) is 5.08. The summed E-state index contributed by atoms with van der Waals surface area (Å²) in [5, 5.41) is 13.2. The van der Waals surface area contributed by atoms with Gasteiger partial charge in [0.1, 0.15) is 23.8 Å². The molecule has 0 aromatic heterocycles. The minimum absolute atomic E-state index is 0.0219. The van der Waals surface area contributed by atoms with Crippen LogP contribution in [0.1, 0.15) is 0 Å². The molecular weight excluding hydrogens is 417 g/mol. The van der Waals surface area contributed by atoms with E-state index >= 15 is 0 Å². The average Bonchev–Trinajstić information content (AvgIpc) is 2.61. The summed E-state index contributed by atoms with van der Waals surface area (Å²) in [7, 11) is -2.76. The second-order valence-corrected chi connectivity index (χ2v) is 7.87. The van der Waals surface area contributed by atoms with Crippen molar-refractivity contribution < 1.29 is 27.3 Å². The van der Waals surface area contributed by atoms with Crippen LogP contribution in [-0.2, 0) is 14.8 Å². The standard InChI is InChI=1S/C16H15ClFN3O6S/c1-27-15-6-4-11(21(23)24)8-14(15)20(28(2,25)26)9-16(22)19-10-3-5-13(18)12(17)7-10/h3-8H,9H2,1-2H3,(H,19,22). The van der Waals surface area contributed by atoms with Crippen LogP contribution in [0, 0.1) is 15.9 Å². The zero-order valence-corrected chi connectivity index (χ0v) is 16.3. The molecular formula is C16H15ClFN3O6S. The van der Waals surface area contributed by atoms with Crippen LogP contribution >= 0.6 is 11.6 Å². The van der Waals surface area contributed by atoms with Gasteiger partial charge in [-0.05, 0) is 24.3 Å². The van der Waals surface area contributed by atoms with E-state index < -0.39 is 33.2 Å². The number of nitro groups is 1. The summed E-state index contributed by atoms with van der Waals surface area (Å²) >= 11 is 5.65. The van der Waals surface area contributed by atoms with E-state index in [1.165, 1.54) is 19.2 Å². The summed E-state index contributed by atoms with van der Waals surface area (Å²) in [6.07, 6.45) is 0.841. The molecule has 9 nitrogen and oxygen atoms in total. The van der Waals surface area contributed by atoms with Crippen LogP contribution in [0.2, 0.25) is 5.02 Å². The molecule has 2 aromatic rings. The maximum atomic E-state index is 13.2. The molecule has 12 heteroatoms. The zero-order chi connectivity index (χ0) is 21.1. The average molecular weight is 432 g/mol. The number of amides is 1. The molecule has 0 spiro atoms. The number of methoxy groups -OCH3 is 1. The van der Waals surface area contributed by atoms with Gasteiger partial charge in [0.15, 0.2) is 0 Å². The summed E-state index contributed by atoms with van der Waals surface area (Å²) in [6, 6.07) is 6.80. The van der Waals surface area contributed by atoms with Crippen molar-refractivity contribution in [3.05, 3.63) is 57.4 Å². The van der Waals surface area contributed by atoms with Crippen molar-refractivity contribution in [1.29, 1.82) is 0 Å². The fourth-order valence-electron chi connectivity index (χ4n) is 2.27. The summed E-state index contributed by atoms with van der Waals surface area (Å²) < 4.78 is 43.4. The summed E-state index contributed by atoms with van der Waals surface area (Å²) in [4.78, 5) is 22.6. The van der Waals surface area contributed by atoms with Gasteiger partial charge in [-0.15, -0.1) is 0 Å². The zero-order valence-electron chi connectivity index (χ0n) is 14.7. The third-order valence-corrected chi connectivity index (χ3v) is 4.95. The number of nitro benzene ring substituents is 1. The smallest absolute Gasteiger partial charge is 0.271 e. The van der Waals surface area contributed by atoms with Gasteiger partial charge in [0, 0.05) is 17.8 Å².